The van der Waals surface area contributed by atoms with Crippen molar-refractivity contribution in [3.8, 4) is 0 Å². The van der Waals surface area contributed by atoms with Gasteiger partial charge in [-0.3, -0.25) is 0 Å². The van der Waals surface area contributed by atoms with Crippen molar-refractivity contribution >= 4 is 5.97 Å². The third kappa shape index (κ3) is 1.50. The molecule has 1 heterocycles. The van der Waals surface area contributed by atoms with E-state index < -0.39 is 12.1 Å². The topological polar surface area (TPSA) is 46.5 Å². The molecule has 10 heavy (non-hydrogen) atoms. The van der Waals surface area contributed by atoms with Crippen LogP contribution < -0.4 is 0 Å². The summed E-state index contributed by atoms with van der Waals surface area (Å²) in [6.45, 7) is 1.93. The molecule has 0 aromatic rings. The number of carboxylic acids is 1. The van der Waals surface area contributed by atoms with Crippen molar-refractivity contribution in [3.05, 3.63) is 11.8 Å². The van der Waals surface area contributed by atoms with Crippen LogP contribution >= 0.6 is 0 Å². The molecule has 1 aliphatic heterocycles. The quantitative estimate of drug-likeness (QED) is 0.597. The molecular weight excluding hydrogens is 132 g/mol. The van der Waals surface area contributed by atoms with Crippen LogP contribution in [0.5, 0.6) is 0 Å². The van der Waals surface area contributed by atoms with Gasteiger partial charge in [0.25, 0.3) is 0 Å². The van der Waals surface area contributed by atoms with Crippen LogP contribution in [-0.4, -0.2) is 17.2 Å². The highest BCUT2D eigenvalue weighted by atomic mass is 16.5. The molecule has 56 valence electrons. The van der Waals surface area contributed by atoms with Crippen molar-refractivity contribution in [2.75, 3.05) is 0 Å². The van der Waals surface area contributed by atoms with Crippen LogP contribution in [0.25, 0.3) is 0 Å². The van der Waals surface area contributed by atoms with Crippen LogP contribution in [0.1, 0.15) is 19.8 Å². The molecular formula is C7H10O3. The Labute approximate surface area is 59.3 Å². The number of carbonyl (C=O) groups is 1. The number of aliphatic carboxylic acids is 1. The number of ether oxygens (including phenoxy) is 1. The van der Waals surface area contributed by atoms with Crippen LogP contribution in [0.15, 0.2) is 11.8 Å². The maximum Gasteiger partial charge on any atom is 0.344 e. The van der Waals surface area contributed by atoms with E-state index in [4.69, 9.17) is 9.84 Å². The lowest BCUT2D eigenvalue weighted by Crippen LogP contribution is -2.24. The number of rotatable bonds is 1. The van der Waals surface area contributed by atoms with Gasteiger partial charge in [-0.05, 0) is 25.3 Å². The fourth-order valence-corrected chi connectivity index (χ4v) is 0.866. The molecule has 0 saturated carbocycles. The standard InChI is InChI=1S/C7H10O3/c1-5-2-3-6(7(8)9)10-4-5/h4,6H,2-3H2,1H3,(H,8,9). The Balaban J connectivity index is 2.50. The minimum atomic E-state index is -0.872. The van der Waals surface area contributed by atoms with Gasteiger partial charge in [0.15, 0.2) is 6.10 Å². The molecule has 0 fully saturated rings. The molecule has 1 N–H and O–H groups in total. The molecule has 0 aromatic heterocycles. The van der Waals surface area contributed by atoms with Crippen molar-refractivity contribution in [3.63, 3.8) is 0 Å². The first-order valence-electron chi connectivity index (χ1n) is 3.24. The van der Waals surface area contributed by atoms with Crippen molar-refractivity contribution in [1.82, 2.24) is 0 Å². The summed E-state index contributed by atoms with van der Waals surface area (Å²) < 4.78 is 4.89. The van der Waals surface area contributed by atoms with E-state index in [9.17, 15) is 4.79 Å². The van der Waals surface area contributed by atoms with Crippen molar-refractivity contribution in [1.29, 1.82) is 0 Å². The SMILES string of the molecule is CC1=COC(C(=O)O)CC1. The highest BCUT2D eigenvalue weighted by molar-refractivity contribution is 5.72. The summed E-state index contributed by atoms with van der Waals surface area (Å²) in [4.78, 5) is 10.3. The van der Waals surface area contributed by atoms with Crippen LogP contribution in [0.2, 0.25) is 0 Å². The number of allylic oxidation sites excluding steroid dienone is 1. The minimum Gasteiger partial charge on any atom is -0.486 e. The second kappa shape index (κ2) is 2.73. The van der Waals surface area contributed by atoms with Gasteiger partial charge in [0.1, 0.15) is 0 Å². The molecule has 0 aliphatic carbocycles. The van der Waals surface area contributed by atoms with E-state index >= 15 is 0 Å². The van der Waals surface area contributed by atoms with Crippen molar-refractivity contribution in [2.45, 2.75) is 25.9 Å². The lowest BCUT2D eigenvalue weighted by atomic mass is 10.1. The number of carboxylic acid groups (broad SMARTS) is 1. The molecule has 0 saturated heterocycles. The Hall–Kier alpha value is -0.990. The van der Waals surface area contributed by atoms with Crippen LogP contribution in [-0.2, 0) is 9.53 Å². The first-order valence-corrected chi connectivity index (χ1v) is 3.24. The summed E-state index contributed by atoms with van der Waals surface area (Å²) in [5, 5.41) is 8.47. The summed E-state index contributed by atoms with van der Waals surface area (Å²) in [6, 6.07) is 0. The van der Waals surface area contributed by atoms with Gasteiger partial charge in [0.2, 0.25) is 0 Å². The monoisotopic (exact) mass is 142 g/mol. The maximum atomic E-state index is 10.3. The van der Waals surface area contributed by atoms with Crippen LogP contribution in [0.4, 0.5) is 0 Å². The zero-order chi connectivity index (χ0) is 7.56. The zero-order valence-corrected chi connectivity index (χ0v) is 5.83. The normalized spacial score (nSPS) is 24.9. The summed E-state index contributed by atoms with van der Waals surface area (Å²) >= 11 is 0. The fraction of sp³-hybridized carbons (Fsp3) is 0.571. The minimum absolute atomic E-state index is 0.595. The fourth-order valence-electron chi connectivity index (χ4n) is 0.866. The average molecular weight is 142 g/mol. The van der Waals surface area contributed by atoms with Crippen molar-refractivity contribution in [2.24, 2.45) is 0 Å². The van der Waals surface area contributed by atoms with Gasteiger partial charge < -0.3 is 9.84 Å². The van der Waals surface area contributed by atoms with Gasteiger partial charge in [-0.25, -0.2) is 4.79 Å². The lowest BCUT2D eigenvalue weighted by Gasteiger charge is -2.17. The van der Waals surface area contributed by atoms with Gasteiger partial charge >= 0.3 is 5.97 Å². The van der Waals surface area contributed by atoms with Gasteiger partial charge in [-0.2, -0.15) is 0 Å². The molecule has 3 nitrogen and oxygen atoms in total. The Morgan fingerprint density at radius 1 is 1.90 bits per heavy atom. The average Bonchev–Trinajstić information content (AvgIpc) is 1.88. The van der Waals surface area contributed by atoms with E-state index in [1.54, 1.807) is 0 Å². The van der Waals surface area contributed by atoms with E-state index in [1.165, 1.54) is 6.26 Å². The third-order valence-electron chi connectivity index (χ3n) is 1.51. The molecule has 0 aromatic carbocycles. The summed E-state index contributed by atoms with van der Waals surface area (Å²) in [5.74, 6) is -0.872. The first-order chi connectivity index (χ1) is 4.70. The van der Waals surface area contributed by atoms with Crippen molar-refractivity contribution < 1.29 is 14.6 Å². The van der Waals surface area contributed by atoms with Gasteiger partial charge in [0.05, 0.1) is 6.26 Å². The molecule has 0 spiro atoms. The largest absolute Gasteiger partial charge is 0.486 e. The van der Waals surface area contributed by atoms with Crippen LogP contribution in [0, 0.1) is 0 Å². The van der Waals surface area contributed by atoms with E-state index in [1.807, 2.05) is 6.92 Å². The molecule has 1 rings (SSSR count). The molecule has 0 bridgehead atoms. The highest BCUT2D eigenvalue weighted by Crippen LogP contribution is 2.16. The van der Waals surface area contributed by atoms with E-state index in [2.05, 4.69) is 0 Å². The molecule has 1 unspecified atom stereocenters. The predicted octanol–water partition coefficient (Wildman–Crippen LogP) is 1.15. The number of hydrogen-bond donors (Lipinski definition) is 1. The molecule has 0 radical (unpaired) electrons. The first kappa shape index (κ1) is 7.12. The Kier molecular flexibility index (Phi) is 1.94. The number of hydrogen-bond acceptors (Lipinski definition) is 2. The van der Waals surface area contributed by atoms with Gasteiger partial charge in [-0.15, -0.1) is 0 Å². The summed E-state index contributed by atoms with van der Waals surface area (Å²) in [7, 11) is 0. The maximum absolute atomic E-state index is 10.3. The Morgan fingerprint density at radius 3 is 3.00 bits per heavy atom. The molecule has 1 aliphatic rings. The summed E-state index contributed by atoms with van der Waals surface area (Å²) in [5.41, 5.74) is 1.11. The Bertz CT molecular complexity index is 172. The zero-order valence-electron chi connectivity index (χ0n) is 5.83. The van der Waals surface area contributed by atoms with Crippen LogP contribution in [0.3, 0.4) is 0 Å². The molecule has 1 atom stereocenters. The van der Waals surface area contributed by atoms with Gasteiger partial charge in [-0.1, -0.05) is 0 Å². The predicted molar refractivity (Wildman–Crippen MR) is 35.5 cm³/mol. The lowest BCUT2D eigenvalue weighted by molar-refractivity contribution is -0.147. The summed E-state index contributed by atoms with van der Waals surface area (Å²) in [6.07, 6.45) is 2.33. The highest BCUT2D eigenvalue weighted by Gasteiger charge is 2.20. The second-order valence-electron chi connectivity index (χ2n) is 2.47. The van der Waals surface area contributed by atoms with E-state index in [0.717, 1.165) is 12.0 Å². The molecule has 0 amide bonds. The van der Waals surface area contributed by atoms with E-state index in [0.29, 0.717) is 6.42 Å². The van der Waals surface area contributed by atoms with E-state index in [-0.39, 0.29) is 0 Å². The second-order valence-corrected chi connectivity index (χ2v) is 2.47. The molecule has 3 heteroatoms. The Morgan fingerprint density at radius 2 is 2.60 bits per heavy atom. The smallest absolute Gasteiger partial charge is 0.344 e. The third-order valence-corrected chi connectivity index (χ3v) is 1.51. The van der Waals surface area contributed by atoms with Gasteiger partial charge in [0, 0.05) is 0 Å².